The van der Waals surface area contributed by atoms with E-state index in [2.05, 4.69) is 16.0 Å². The number of carbonyl (C=O) groups excluding carboxylic acids is 3. The molecule has 4 N–H and O–H groups in total. The van der Waals surface area contributed by atoms with Gasteiger partial charge in [0.1, 0.15) is 6.04 Å². The second kappa shape index (κ2) is 8.78. The largest absolute Gasteiger partial charge is 0.388 e. The number of imide groups is 1. The number of benzene rings is 2. The average Bonchev–Trinajstić information content (AvgIpc) is 3.11. The molecule has 2 saturated heterocycles. The summed E-state index contributed by atoms with van der Waals surface area (Å²) in [6.45, 7) is 2.00. The van der Waals surface area contributed by atoms with Crippen molar-refractivity contribution in [3.05, 3.63) is 53.2 Å². The second-order valence-electron chi connectivity index (χ2n) is 8.85. The first-order valence-electron chi connectivity index (χ1n) is 11.4. The lowest BCUT2D eigenvalue weighted by molar-refractivity contribution is -0.134. The van der Waals surface area contributed by atoms with Crippen LogP contribution in [0.25, 0.3) is 10.8 Å². The van der Waals surface area contributed by atoms with Gasteiger partial charge in [0.15, 0.2) is 0 Å². The Morgan fingerprint density at radius 3 is 2.70 bits per heavy atom. The number of rotatable bonds is 6. The summed E-state index contributed by atoms with van der Waals surface area (Å²) in [6, 6.07) is 9.21. The summed E-state index contributed by atoms with van der Waals surface area (Å²) in [5.41, 5.74) is 3.16. The number of carbonyl (C=O) groups is 3. The van der Waals surface area contributed by atoms with Crippen LogP contribution in [0.2, 0.25) is 0 Å². The summed E-state index contributed by atoms with van der Waals surface area (Å²) >= 11 is 0. The summed E-state index contributed by atoms with van der Waals surface area (Å²) in [5, 5.41) is 18.8. The zero-order chi connectivity index (χ0) is 22.9. The van der Waals surface area contributed by atoms with Crippen molar-refractivity contribution in [1.82, 2.24) is 16.0 Å². The zero-order valence-corrected chi connectivity index (χ0v) is 18.3. The average molecular weight is 446 g/mol. The molecule has 1 atom stereocenters. The topological polar surface area (TPSA) is 114 Å². The standard InChI is InChI=1S/C25H27N5O3/c26-13-15(14-28-17-8-10-27-11-9-17)12-16-4-5-20-23-18(16)2-1-3-19(23)25(33)30(20)21-6-7-22(31)29-24(21)32/h1-5,13-14,17,21,26-28H,6-12H2,(H,29,31,32)/b15-14-,26-13?. The molecule has 170 valence electrons. The summed E-state index contributed by atoms with van der Waals surface area (Å²) < 4.78 is 0. The Hall–Kier alpha value is -3.52. The number of hydrogen-bond acceptors (Lipinski definition) is 6. The smallest absolute Gasteiger partial charge is 0.259 e. The summed E-state index contributed by atoms with van der Waals surface area (Å²) in [7, 11) is 0. The third-order valence-corrected chi connectivity index (χ3v) is 6.76. The monoisotopic (exact) mass is 445 g/mol. The normalized spacial score (nSPS) is 21.5. The highest BCUT2D eigenvalue weighted by Gasteiger charge is 2.40. The van der Waals surface area contributed by atoms with Gasteiger partial charge in [-0.2, -0.15) is 0 Å². The maximum absolute atomic E-state index is 13.3. The van der Waals surface area contributed by atoms with E-state index in [-0.39, 0.29) is 18.2 Å². The fraction of sp³-hybridized carbons (Fsp3) is 0.360. The summed E-state index contributed by atoms with van der Waals surface area (Å²) in [5.74, 6) is -0.940. The van der Waals surface area contributed by atoms with E-state index in [1.54, 1.807) is 6.07 Å². The van der Waals surface area contributed by atoms with Gasteiger partial charge in [-0.05, 0) is 61.0 Å². The van der Waals surface area contributed by atoms with E-state index in [4.69, 9.17) is 5.41 Å². The van der Waals surface area contributed by atoms with Crippen molar-refractivity contribution in [3.8, 4) is 0 Å². The van der Waals surface area contributed by atoms with Crippen LogP contribution < -0.4 is 20.9 Å². The predicted molar refractivity (Wildman–Crippen MR) is 127 cm³/mol. The van der Waals surface area contributed by atoms with Gasteiger partial charge in [-0.1, -0.05) is 18.2 Å². The maximum atomic E-state index is 13.3. The van der Waals surface area contributed by atoms with Crippen molar-refractivity contribution in [2.45, 2.75) is 44.2 Å². The number of piperidine rings is 2. The van der Waals surface area contributed by atoms with Crippen LogP contribution in [-0.2, 0) is 16.0 Å². The molecule has 2 aromatic carbocycles. The molecule has 3 amide bonds. The highest BCUT2D eigenvalue weighted by atomic mass is 16.2. The Balaban J connectivity index is 1.45. The minimum Gasteiger partial charge on any atom is -0.388 e. The van der Waals surface area contributed by atoms with Crippen molar-refractivity contribution in [2.24, 2.45) is 0 Å². The maximum Gasteiger partial charge on any atom is 0.259 e. The number of hydrogen-bond donors (Lipinski definition) is 4. The lowest BCUT2D eigenvalue weighted by atomic mass is 9.96. The number of allylic oxidation sites excluding steroid dienone is 1. The lowest BCUT2D eigenvalue weighted by Crippen LogP contribution is -2.53. The van der Waals surface area contributed by atoms with Crippen molar-refractivity contribution < 1.29 is 14.4 Å². The molecule has 1 unspecified atom stereocenters. The SMILES string of the molecule is N=C/C(=C\NC1CCNCC1)Cc1ccc2c3c(cccc13)C(=O)N2C1CCC(=O)NC1=O. The fourth-order valence-corrected chi connectivity index (χ4v) is 5.04. The third-order valence-electron chi connectivity index (χ3n) is 6.76. The second-order valence-corrected chi connectivity index (χ2v) is 8.85. The number of nitrogens with zero attached hydrogens (tertiary/aromatic N) is 1. The van der Waals surface area contributed by atoms with Crippen LogP contribution in [0.15, 0.2) is 42.1 Å². The molecule has 0 spiro atoms. The van der Waals surface area contributed by atoms with E-state index in [0.717, 1.165) is 47.8 Å². The molecule has 0 bridgehead atoms. The van der Waals surface area contributed by atoms with Gasteiger partial charge in [-0.15, -0.1) is 0 Å². The Morgan fingerprint density at radius 1 is 1.12 bits per heavy atom. The molecular weight excluding hydrogens is 418 g/mol. The lowest BCUT2D eigenvalue weighted by Gasteiger charge is -2.30. The molecule has 8 heteroatoms. The highest BCUT2D eigenvalue weighted by Crippen LogP contribution is 2.41. The number of amides is 3. The summed E-state index contributed by atoms with van der Waals surface area (Å²) in [4.78, 5) is 38.9. The van der Waals surface area contributed by atoms with Crippen LogP contribution in [0.3, 0.4) is 0 Å². The first kappa shape index (κ1) is 21.3. The predicted octanol–water partition coefficient (Wildman–Crippen LogP) is 2.02. The third kappa shape index (κ3) is 3.91. The molecule has 5 rings (SSSR count). The van der Waals surface area contributed by atoms with E-state index < -0.39 is 11.9 Å². The molecule has 2 fully saturated rings. The molecular formula is C25H27N5O3. The van der Waals surface area contributed by atoms with Crippen molar-refractivity contribution in [3.63, 3.8) is 0 Å². The van der Waals surface area contributed by atoms with E-state index >= 15 is 0 Å². The Labute approximate surface area is 191 Å². The van der Waals surface area contributed by atoms with Gasteiger partial charge < -0.3 is 16.0 Å². The Morgan fingerprint density at radius 2 is 1.94 bits per heavy atom. The summed E-state index contributed by atoms with van der Waals surface area (Å²) in [6.07, 6.45) is 6.52. The molecule has 8 nitrogen and oxygen atoms in total. The van der Waals surface area contributed by atoms with Crippen LogP contribution in [0.5, 0.6) is 0 Å². The molecule has 0 aliphatic carbocycles. The van der Waals surface area contributed by atoms with Crippen LogP contribution in [0.1, 0.15) is 41.6 Å². The highest BCUT2D eigenvalue weighted by molar-refractivity contribution is 6.27. The molecule has 3 aliphatic heterocycles. The quantitative estimate of drug-likeness (QED) is 0.401. The van der Waals surface area contributed by atoms with E-state index in [1.807, 2.05) is 30.5 Å². The zero-order valence-electron chi connectivity index (χ0n) is 18.3. The first-order chi connectivity index (χ1) is 16.1. The van der Waals surface area contributed by atoms with Gasteiger partial charge in [-0.3, -0.25) is 24.6 Å². The first-order valence-corrected chi connectivity index (χ1v) is 11.4. The van der Waals surface area contributed by atoms with Crippen molar-refractivity contribution in [2.75, 3.05) is 18.0 Å². The Kier molecular flexibility index (Phi) is 5.68. The van der Waals surface area contributed by atoms with Crippen LogP contribution >= 0.6 is 0 Å². The van der Waals surface area contributed by atoms with Gasteiger partial charge in [0, 0.05) is 42.2 Å². The molecule has 3 aliphatic rings. The molecule has 3 heterocycles. The van der Waals surface area contributed by atoms with Crippen molar-refractivity contribution in [1.29, 1.82) is 5.41 Å². The minimum atomic E-state index is -0.692. The van der Waals surface area contributed by atoms with Gasteiger partial charge in [0.2, 0.25) is 11.8 Å². The van der Waals surface area contributed by atoms with Gasteiger partial charge >= 0.3 is 0 Å². The van der Waals surface area contributed by atoms with Crippen LogP contribution in [0, 0.1) is 5.41 Å². The van der Waals surface area contributed by atoms with Crippen LogP contribution in [0.4, 0.5) is 5.69 Å². The van der Waals surface area contributed by atoms with E-state index in [1.165, 1.54) is 11.1 Å². The molecule has 0 aromatic heterocycles. The molecule has 2 aromatic rings. The fourth-order valence-electron chi connectivity index (χ4n) is 5.04. The molecule has 33 heavy (non-hydrogen) atoms. The van der Waals surface area contributed by atoms with Crippen LogP contribution in [-0.4, -0.2) is 49.1 Å². The van der Waals surface area contributed by atoms with Crippen molar-refractivity contribution >= 4 is 40.4 Å². The Bertz CT molecular complexity index is 1180. The van der Waals surface area contributed by atoms with Gasteiger partial charge in [0.25, 0.3) is 5.91 Å². The van der Waals surface area contributed by atoms with Gasteiger partial charge in [-0.25, -0.2) is 0 Å². The molecule has 0 radical (unpaired) electrons. The number of nitrogens with one attached hydrogen (secondary N) is 4. The molecule has 0 saturated carbocycles. The van der Waals surface area contributed by atoms with E-state index in [9.17, 15) is 14.4 Å². The van der Waals surface area contributed by atoms with Gasteiger partial charge in [0.05, 0.1) is 5.69 Å². The number of anilines is 1. The van der Waals surface area contributed by atoms with E-state index in [0.29, 0.717) is 30.1 Å². The minimum absolute atomic E-state index is 0.211.